The summed E-state index contributed by atoms with van der Waals surface area (Å²) in [5.74, 6) is -1.38. The number of rotatable bonds is 5. The summed E-state index contributed by atoms with van der Waals surface area (Å²) in [6, 6.07) is 10.7. The third kappa shape index (κ3) is 4.33. The van der Waals surface area contributed by atoms with E-state index >= 15 is 0 Å². The van der Waals surface area contributed by atoms with Gasteiger partial charge in [0.2, 0.25) is 0 Å². The number of nitro groups is 1. The van der Waals surface area contributed by atoms with Crippen LogP contribution in [0.1, 0.15) is 22.8 Å². The van der Waals surface area contributed by atoms with Crippen LogP contribution >= 0.6 is 11.6 Å². The minimum Gasteiger partial charge on any atom is -0.449 e. The van der Waals surface area contributed by atoms with Crippen LogP contribution in [0.3, 0.4) is 0 Å². The Kier molecular flexibility index (Phi) is 5.71. The van der Waals surface area contributed by atoms with Crippen molar-refractivity contribution in [1.29, 1.82) is 0 Å². The first-order valence-corrected chi connectivity index (χ1v) is 7.69. The summed E-state index contributed by atoms with van der Waals surface area (Å²) < 4.78 is 5.11. The summed E-state index contributed by atoms with van der Waals surface area (Å²) >= 11 is 5.96. The molecule has 0 saturated carbocycles. The molecule has 0 heterocycles. The summed E-state index contributed by atoms with van der Waals surface area (Å²) in [5.41, 5.74) is 0.411. The molecule has 0 spiro atoms. The van der Waals surface area contributed by atoms with E-state index in [1.54, 1.807) is 24.3 Å². The van der Waals surface area contributed by atoms with E-state index in [1.165, 1.54) is 32.0 Å². The topological polar surface area (TPSA) is 98.5 Å². The zero-order valence-electron chi connectivity index (χ0n) is 13.5. The molecule has 0 unspecified atom stereocenters. The monoisotopic (exact) mass is 362 g/mol. The second kappa shape index (κ2) is 7.76. The molecule has 0 radical (unpaired) electrons. The maximum Gasteiger partial charge on any atom is 0.339 e. The van der Waals surface area contributed by atoms with Gasteiger partial charge in [-0.3, -0.25) is 14.9 Å². The Morgan fingerprint density at radius 1 is 1.20 bits per heavy atom. The van der Waals surface area contributed by atoms with Crippen molar-refractivity contribution >= 4 is 34.9 Å². The predicted octanol–water partition coefficient (Wildman–Crippen LogP) is 3.74. The molecule has 2 rings (SSSR count). The Hall–Kier alpha value is -2.93. The first-order chi connectivity index (χ1) is 11.8. The molecule has 0 aliphatic carbocycles. The van der Waals surface area contributed by atoms with Crippen LogP contribution in [-0.2, 0) is 9.53 Å². The lowest BCUT2D eigenvalue weighted by Gasteiger charge is -2.15. The Bertz CT molecular complexity index is 838. The van der Waals surface area contributed by atoms with E-state index in [9.17, 15) is 19.7 Å². The van der Waals surface area contributed by atoms with Crippen molar-refractivity contribution in [3.8, 4) is 0 Å². The van der Waals surface area contributed by atoms with Gasteiger partial charge in [0, 0.05) is 11.6 Å². The van der Waals surface area contributed by atoms with Crippen LogP contribution < -0.4 is 5.32 Å². The second-order valence-electron chi connectivity index (χ2n) is 5.22. The molecule has 25 heavy (non-hydrogen) atoms. The lowest BCUT2D eigenvalue weighted by atomic mass is 10.1. The number of anilines is 1. The van der Waals surface area contributed by atoms with Crippen molar-refractivity contribution < 1.29 is 19.2 Å². The fourth-order valence-corrected chi connectivity index (χ4v) is 2.30. The summed E-state index contributed by atoms with van der Waals surface area (Å²) in [7, 11) is 0. The molecule has 0 bridgehead atoms. The molecule has 8 heteroatoms. The molecule has 7 nitrogen and oxygen atoms in total. The van der Waals surface area contributed by atoms with Gasteiger partial charge in [0.15, 0.2) is 6.10 Å². The van der Waals surface area contributed by atoms with Crippen molar-refractivity contribution in [3.05, 3.63) is 68.7 Å². The molecule has 0 aliphatic rings. The van der Waals surface area contributed by atoms with Crippen LogP contribution in [0.5, 0.6) is 0 Å². The normalized spacial score (nSPS) is 11.5. The molecule has 1 N–H and O–H groups in total. The molecule has 0 aliphatic heterocycles. The first-order valence-electron chi connectivity index (χ1n) is 7.31. The number of nitrogens with zero attached hydrogens (tertiary/aromatic N) is 1. The van der Waals surface area contributed by atoms with Crippen LogP contribution in [0.15, 0.2) is 42.5 Å². The minimum absolute atomic E-state index is 0.0339. The number of hydrogen-bond donors (Lipinski definition) is 1. The highest BCUT2D eigenvalue weighted by atomic mass is 35.5. The molecule has 2 aromatic carbocycles. The Balaban J connectivity index is 2.10. The molecule has 2 aromatic rings. The number of halogens is 1. The van der Waals surface area contributed by atoms with E-state index in [2.05, 4.69) is 5.32 Å². The fourth-order valence-electron chi connectivity index (χ4n) is 2.12. The van der Waals surface area contributed by atoms with E-state index in [4.69, 9.17) is 16.3 Å². The molecule has 0 saturated heterocycles. The molecule has 1 amide bonds. The molecule has 130 valence electrons. The predicted molar refractivity (Wildman–Crippen MR) is 92.8 cm³/mol. The van der Waals surface area contributed by atoms with Gasteiger partial charge in [0.1, 0.15) is 0 Å². The van der Waals surface area contributed by atoms with E-state index in [-0.39, 0.29) is 16.8 Å². The third-order valence-electron chi connectivity index (χ3n) is 3.51. The molecule has 0 fully saturated rings. The van der Waals surface area contributed by atoms with E-state index < -0.39 is 22.9 Å². The average Bonchev–Trinajstić information content (AvgIpc) is 2.56. The number of carbonyl (C=O) groups is 2. The average molecular weight is 363 g/mol. The zero-order chi connectivity index (χ0) is 18.6. The fraction of sp³-hybridized carbons (Fsp3) is 0.176. The largest absolute Gasteiger partial charge is 0.449 e. The number of amides is 1. The number of hydrogen-bond acceptors (Lipinski definition) is 5. The van der Waals surface area contributed by atoms with Gasteiger partial charge in [-0.2, -0.15) is 0 Å². The maximum absolute atomic E-state index is 12.2. The van der Waals surface area contributed by atoms with Gasteiger partial charge in [-0.05, 0) is 32.0 Å². The smallest absolute Gasteiger partial charge is 0.339 e. The van der Waals surface area contributed by atoms with Crippen molar-refractivity contribution in [2.45, 2.75) is 20.0 Å². The van der Waals surface area contributed by atoms with Gasteiger partial charge in [0.05, 0.1) is 21.2 Å². The van der Waals surface area contributed by atoms with Crippen LogP contribution in [-0.4, -0.2) is 22.9 Å². The Morgan fingerprint density at radius 2 is 1.88 bits per heavy atom. The van der Waals surface area contributed by atoms with Crippen molar-refractivity contribution in [3.63, 3.8) is 0 Å². The van der Waals surface area contributed by atoms with Gasteiger partial charge in [-0.15, -0.1) is 0 Å². The van der Waals surface area contributed by atoms with Gasteiger partial charge in [-0.25, -0.2) is 4.79 Å². The Labute approximate surface area is 148 Å². The summed E-state index contributed by atoms with van der Waals surface area (Å²) in [5, 5.41) is 13.8. The van der Waals surface area contributed by atoms with E-state index in [0.717, 1.165) is 0 Å². The molecule has 1 atom stereocenters. The van der Waals surface area contributed by atoms with E-state index in [0.29, 0.717) is 10.7 Å². The number of benzene rings is 2. The summed E-state index contributed by atoms with van der Waals surface area (Å²) in [6.07, 6.45) is -1.11. The highest BCUT2D eigenvalue weighted by molar-refractivity contribution is 6.33. The van der Waals surface area contributed by atoms with E-state index in [1.807, 2.05) is 0 Å². The highest BCUT2D eigenvalue weighted by Crippen LogP contribution is 2.23. The second-order valence-corrected chi connectivity index (χ2v) is 5.63. The van der Waals surface area contributed by atoms with Crippen molar-refractivity contribution in [1.82, 2.24) is 0 Å². The molecule has 0 aromatic heterocycles. The first kappa shape index (κ1) is 18.4. The number of esters is 1. The van der Waals surface area contributed by atoms with Crippen molar-refractivity contribution in [2.24, 2.45) is 0 Å². The van der Waals surface area contributed by atoms with Crippen LogP contribution in [0.4, 0.5) is 11.4 Å². The number of nitro benzene ring substituents is 1. The summed E-state index contributed by atoms with van der Waals surface area (Å²) in [6.45, 7) is 2.85. The maximum atomic E-state index is 12.2. The SMILES string of the molecule is Cc1c(C(=O)O[C@@H](C)C(=O)Nc2ccccc2Cl)cccc1[N+](=O)[O-]. The number of para-hydroxylation sites is 1. The third-order valence-corrected chi connectivity index (χ3v) is 3.84. The number of carbonyl (C=O) groups excluding carboxylic acids is 2. The van der Waals surface area contributed by atoms with Crippen molar-refractivity contribution in [2.75, 3.05) is 5.32 Å². The Morgan fingerprint density at radius 3 is 2.52 bits per heavy atom. The number of ether oxygens (including phenoxy) is 1. The summed E-state index contributed by atoms with van der Waals surface area (Å²) in [4.78, 5) is 34.7. The highest BCUT2D eigenvalue weighted by Gasteiger charge is 2.23. The standard InChI is InChI=1S/C17H15ClN2O5/c1-10-12(6-5-9-15(10)20(23)24)17(22)25-11(2)16(21)19-14-8-4-3-7-13(14)18/h3-9,11H,1-2H3,(H,19,21)/t11-/m0/s1. The van der Waals surface area contributed by atoms with Crippen LogP contribution in [0, 0.1) is 17.0 Å². The zero-order valence-corrected chi connectivity index (χ0v) is 14.2. The molecular formula is C17H15ClN2O5. The van der Waals surface area contributed by atoms with Crippen LogP contribution in [0.2, 0.25) is 5.02 Å². The van der Waals surface area contributed by atoms with Gasteiger partial charge in [-0.1, -0.05) is 29.8 Å². The lowest BCUT2D eigenvalue weighted by Crippen LogP contribution is -2.30. The molecular weight excluding hydrogens is 348 g/mol. The number of nitrogens with one attached hydrogen (secondary N) is 1. The minimum atomic E-state index is -1.11. The quantitative estimate of drug-likeness (QED) is 0.496. The van der Waals surface area contributed by atoms with Gasteiger partial charge >= 0.3 is 5.97 Å². The van der Waals surface area contributed by atoms with Gasteiger partial charge in [0.25, 0.3) is 11.6 Å². The lowest BCUT2D eigenvalue weighted by molar-refractivity contribution is -0.385. The van der Waals surface area contributed by atoms with Crippen LogP contribution in [0.25, 0.3) is 0 Å². The van der Waals surface area contributed by atoms with Gasteiger partial charge < -0.3 is 10.1 Å².